The van der Waals surface area contributed by atoms with Gasteiger partial charge in [-0.2, -0.15) is 12.7 Å². The van der Waals surface area contributed by atoms with Crippen molar-refractivity contribution >= 4 is 10.2 Å². The second kappa shape index (κ2) is 2.83. The quantitative estimate of drug-likeness (QED) is 0.538. The Morgan fingerprint density at radius 3 is 3.00 bits per heavy atom. The van der Waals surface area contributed by atoms with E-state index in [9.17, 15) is 8.42 Å². The summed E-state index contributed by atoms with van der Waals surface area (Å²) in [7, 11) is -3.15. The van der Waals surface area contributed by atoms with E-state index in [4.69, 9.17) is 0 Å². The van der Waals surface area contributed by atoms with Crippen LogP contribution in [0.15, 0.2) is 12.2 Å². The Kier molecular flexibility index (Phi) is 1.94. The van der Waals surface area contributed by atoms with Crippen LogP contribution < -0.4 is 4.72 Å². The lowest BCUT2D eigenvalue weighted by atomic mass is 10.1. The lowest BCUT2D eigenvalue weighted by Gasteiger charge is -2.35. The van der Waals surface area contributed by atoms with Crippen LogP contribution in [0.3, 0.4) is 0 Å². The third-order valence-corrected chi connectivity index (χ3v) is 3.97. The van der Waals surface area contributed by atoms with Gasteiger partial charge in [-0.05, 0) is 12.8 Å². The predicted molar refractivity (Wildman–Crippen MR) is 45.8 cm³/mol. The van der Waals surface area contributed by atoms with Gasteiger partial charge < -0.3 is 0 Å². The van der Waals surface area contributed by atoms with Crippen LogP contribution in [-0.2, 0) is 10.2 Å². The number of nitrogens with one attached hydrogen (secondary N) is 1. The van der Waals surface area contributed by atoms with Crippen LogP contribution in [0.1, 0.15) is 12.8 Å². The normalized spacial score (nSPS) is 34.5. The topological polar surface area (TPSA) is 49.4 Å². The van der Waals surface area contributed by atoms with Crippen LogP contribution >= 0.6 is 0 Å². The minimum Gasteiger partial charge on any atom is -0.202 e. The molecule has 68 valence electrons. The maximum absolute atomic E-state index is 11.4. The monoisotopic (exact) mass is 188 g/mol. The molecule has 4 nitrogen and oxygen atoms in total. The minimum absolute atomic E-state index is 0.196. The van der Waals surface area contributed by atoms with E-state index in [2.05, 4.69) is 10.8 Å². The summed E-state index contributed by atoms with van der Waals surface area (Å²) >= 11 is 0. The summed E-state index contributed by atoms with van der Waals surface area (Å²) in [5, 5.41) is 0. The van der Waals surface area contributed by atoms with E-state index < -0.39 is 10.2 Å². The molecule has 0 radical (unpaired) electrons. The molecule has 0 bridgehead atoms. The van der Waals surface area contributed by atoms with Crippen LogP contribution in [0.2, 0.25) is 0 Å². The Morgan fingerprint density at radius 1 is 1.42 bits per heavy atom. The minimum atomic E-state index is -3.15. The van der Waals surface area contributed by atoms with Gasteiger partial charge in [0, 0.05) is 19.1 Å². The van der Waals surface area contributed by atoms with Crippen LogP contribution in [-0.4, -0.2) is 31.9 Å². The van der Waals surface area contributed by atoms with Crippen molar-refractivity contribution in [2.75, 3.05) is 13.1 Å². The molecule has 0 aromatic heterocycles. The Morgan fingerprint density at radius 2 is 2.25 bits per heavy atom. The zero-order valence-electron chi connectivity index (χ0n) is 6.73. The largest absolute Gasteiger partial charge is 0.279 e. The summed E-state index contributed by atoms with van der Waals surface area (Å²) in [4.78, 5) is 0. The van der Waals surface area contributed by atoms with Gasteiger partial charge in [0.05, 0.1) is 0 Å². The molecule has 1 fully saturated rings. The molecular weight excluding hydrogens is 176 g/mol. The third-order valence-electron chi connectivity index (χ3n) is 2.34. The highest BCUT2D eigenvalue weighted by atomic mass is 32.2. The van der Waals surface area contributed by atoms with Crippen molar-refractivity contribution < 1.29 is 8.42 Å². The molecule has 2 rings (SSSR count). The standard InChI is InChI=1S/C7H12N2O2S/c10-12(11)8-5-4-7-3-1-2-6-9(7)12/h1-2,7-8H,3-6H2. The number of rotatable bonds is 0. The molecule has 1 unspecified atom stereocenters. The Hall–Kier alpha value is -0.390. The molecular formula is C7H12N2O2S. The average Bonchev–Trinajstić information content (AvgIpc) is 2.04. The van der Waals surface area contributed by atoms with Gasteiger partial charge in [-0.15, -0.1) is 0 Å². The highest BCUT2D eigenvalue weighted by molar-refractivity contribution is 7.87. The average molecular weight is 188 g/mol. The first-order valence-electron chi connectivity index (χ1n) is 4.11. The van der Waals surface area contributed by atoms with Crippen molar-refractivity contribution in [3.8, 4) is 0 Å². The predicted octanol–water partition coefficient (Wildman–Crippen LogP) is -0.145. The molecule has 2 heterocycles. The van der Waals surface area contributed by atoms with E-state index in [1.165, 1.54) is 4.31 Å². The molecule has 0 aromatic rings. The fourth-order valence-corrected chi connectivity index (χ4v) is 3.10. The van der Waals surface area contributed by atoms with Gasteiger partial charge in [0.25, 0.3) is 10.2 Å². The van der Waals surface area contributed by atoms with Gasteiger partial charge in [0.15, 0.2) is 0 Å². The van der Waals surface area contributed by atoms with E-state index in [0.717, 1.165) is 12.8 Å². The molecule has 0 saturated carbocycles. The zero-order valence-corrected chi connectivity index (χ0v) is 7.55. The van der Waals surface area contributed by atoms with Gasteiger partial charge in [-0.1, -0.05) is 12.2 Å². The summed E-state index contributed by atoms with van der Waals surface area (Å²) in [6.07, 6.45) is 5.74. The SMILES string of the molecule is O=S1(=O)NCCC2CC=CCN21. The summed E-state index contributed by atoms with van der Waals surface area (Å²) in [5.74, 6) is 0. The van der Waals surface area contributed by atoms with Crippen molar-refractivity contribution in [3.63, 3.8) is 0 Å². The highest BCUT2D eigenvalue weighted by Gasteiger charge is 2.33. The van der Waals surface area contributed by atoms with Crippen molar-refractivity contribution in [1.29, 1.82) is 0 Å². The molecule has 2 aliphatic heterocycles. The molecule has 0 spiro atoms. The maximum Gasteiger partial charge on any atom is 0.279 e. The fraction of sp³-hybridized carbons (Fsp3) is 0.714. The first-order valence-corrected chi connectivity index (χ1v) is 5.55. The fourth-order valence-electron chi connectivity index (χ4n) is 1.69. The summed E-state index contributed by atoms with van der Waals surface area (Å²) < 4.78 is 26.9. The summed E-state index contributed by atoms with van der Waals surface area (Å²) in [5.41, 5.74) is 0. The van der Waals surface area contributed by atoms with Gasteiger partial charge in [-0.25, -0.2) is 4.72 Å². The van der Waals surface area contributed by atoms with E-state index in [-0.39, 0.29) is 6.04 Å². The van der Waals surface area contributed by atoms with Crippen LogP contribution in [0, 0.1) is 0 Å². The van der Waals surface area contributed by atoms with Crippen molar-refractivity contribution in [1.82, 2.24) is 9.03 Å². The Labute approximate surface area is 72.4 Å². The number of hydrogen-bond donors (Lipinski definition) is 1. The van der Waals surface area contributed by atoms with Crippen LogP contribution in [0.4, 0.5) is 0 Å². The van der Waals surface area contributed by atoms with Crippen molar-refractivity contribution in [2.45, 2.75) is 18.9 Å². The highest BCUT2D eigenvalue weighted by Crippen LogP contribution is 2.20. The van der Waals surface area contributed by atoms with Crippen LogP contribution in [0.5, 0.6) is 0 Å². The molecule has 1 N–H and O–H groups in total. The molecule has 5 heteroatoms. The second-order valence-electron chi connectivity index (χ2n) is 3.12. The van der Waals surface area contributed by atoms with E-state index in [1.54, 1.807) is 0 Å². The molecule has 0 aromatic carbocycles. The van der Waals surface area contributed by atoms with Gasteiger partial charge in [0.2, 0.25) is 0 Å². The van der Waals surface area contributed by atoms with Crippen molar-refractivity contribution in [3.05, 3.63) is 12.2 Å². The summed E-state index contributed by atoms with van der Waals surface area (Å²) in [6.45, 7) is 1.11. The van der Waals surface area contributed by atoms with Gasteiger partial charge in [0.1, 0.15) is 0 Å². The van der Waals surface area contributed by atoms with Crippen LogP contribution in [0.25, 0.3) is 0 Å². The number of nitrogens with zero attached hydrogens (tertiary/aromatic N) is 1. The maximum atomic E-state index is 11.4. The summed E-state index contributed by atoms with van der Waals surface area (Å²) in [6, 6.07) is 0.196. The smallest absolute Gasteiger partial charge is 0.202 e. The van der Waals surface area contributed by atoms with Gasteiger partial charge in [-0.3, -0.25) is 0 Å². The Balaban J connectivity index is 2.28. The zero-order chi connectivity index (χ0) is 8.60. The first kappa shape index (κ1) is 8.22. The third kappa shape index (κ3) is 1.28. The number of fused-ring (bicyclic) bond motifs is 1. The van der Waals surface area contributed by atoms with Gasteiger partial charge >= 0.3 is 0 Å². The lowest BCUT2D eigenvalue weighted by Crippen LogP contribution is -2.53. The lowest BCUT2D eigenvalue weighted by molar-refractivity contribution is 0.292. The molecule has 1 atom stereocenters. The molecule has 2 aliphatic rings. The molecule has 12 heavy (non-hydrogen) atoms. The molecule has 0 amide bonds. The molecule has 0 aliphatic carbocycles. The number of hydrogen-bond acceptors (Lipinski definition) is 2. The van der Waals surface area contributed by atoms with Crippen molar-refractivity contribution in [2.24, 2.45) is 0 Å². The first-order chi connectivity index (χ1) is 5.70. The molecule has 1 saturated heterocycles. The van der Waals surface area contributed by atoms with E-state index in [0.29, 0.717) is 13.1 Å². The second-order valence-corrected chi connectivity index (χ2v) is 4.83. The van der Waals surface area contributed by atoms with E-state index >= 15 is 0 Å². The Bertz CT molecular complexity index is 297. The van der Waals surface area contributed by atoms with E-state index in [1.807, 2.05) is 6.08 Å².